The van der Waals surface area contributed by atoms with Crippen LogP contribution in [0.5, 0.6) is 0 Å². The van der Waals surface area contributed by atoms with Gasteiger partial charge in [-0.05, 0) is 44.9 Å². The minimum Gasteiger partial charge on any atom is -0.265 e. The summed E-state index contributed by atoms with van der Waals surface area (Å²) in [5.41, 5.74) is -10.8. The maximum Gasteiger partial charge on any atom is 0.508 e. The summed E-state index contributed by atoms with van der Waals surface area (Å²) in [6.07, 6.45) is 12.2. The Hall–Kier alpha value is -0.890. The molecule has 0 aliphatic rings. The Morgan fingerprint density at radius 1 is 0.537 bits per heavy atom. The van der Waals surface area contributed by atoms with Gasteiger partial charge in [-0.1, -0.05) is 84.5 Å². The first-order valence-corrected chi connectivity index (χ1v) is 18.2. The summed E-state index contributed by atoms with van der Waals surface area (Å²) in [5, 5.41) is 7.04. The molecule has 0 fully saturated rings. The molecule has 0 rings (SSSR count). The molecule has 0 aliphatic heterocycles. The van der Waals surface area contributed by atoms with Crippen molar-refractivity contribution in [2.45, 2.75) is 140 Å². The zero-order valence-electron chi connectivity index (χ0n) is 24.7. The molecule has 0 aromatic carbocycles. The minimum atomic E-state index is -5.81. The first-order valence-electron chi connectivity index (χ1n) is 15.0. The van der Waals surface area contributed by atoms with Crippen molar-refractivity contribution in [2.24, 2.45) is 0 Å². The van der Waals surface area contributed by atoms with Crippen molar-refractivity contribution in [1.82, 2.24) is 0 Å². The molecule has 0 atom stereocenters. The summed E-state index contributed by atoms with van der Waals surface area (Å²) >= 11 is 0. The number of nitrogens with zero attached hydrogens (tertiary/aromatic N) is 1. The van der Waals surface area contributed by atoms with E-state index in [9.17, 15) is 43.2 Å². The number of hydrogen-bond donors (Lipinski definition) is 1. The number of sulfone groups is 2. The van der Waals surface area contributed by atoms with Gasteiger partial charge >= 0.3 is 26.0 Å². The molecule has 0 spiro atoms. The molecule has 1 N–H and O–H groups in total. The zero-order valence-corrected chi connectivity index (χ0v) is 26.4. The fraction of sp³-hybridized carbons (Fsp3) is 0.963. The van der Waals surface area contributed by atoms with Crippen LogP contribution in [-0.4, -0.2) is 62.9 Å². The fourth-order valence-electron chi connectivity index (χ4n) is 4.92. The lowest BCUT2D eigenvalue weighted by Gasteiger charge is -2.38. The van der Waals surface area contributed by atoms with Gasteiger partial charge < -0.3 is 0 Å². The van der Waals surface area contributed by atoms with Gasteiger partial charge in [-0.25, -0.2) is 22.2 Å². The van der Waals surface area contributed by atoms with Crippen molar-refractivity contribution < 1.29 is 47.7 Å². The number of halogens is 6. The minimum absolute atomic E-state index is 0.0561. The van der Waals surface area contributed by atoms with Crippen LogP contribution in [0.2, 0.25) is 0 Å². The SMILES string of the molecule is CCCCCCCC[N+](CCCCCCCC)(CCCCCCCCS(=O)(=O)C(F)(F)F)C(=N)S(=O)(=O)C(F)(F)F. The molecule has 6 nitrogen and oxygen atoms in total. The first kappa shape index (κ1) is 40.1. The smallest absolute Gasteiger partial charge is 0.265 e. The Bertz CT molecular complexity index is 920. The van der Waals surface area contributed by atoms with E-state index in [2.05, 4.69) is 13.8 Å². The Balaban J connectivity index is 5.42. The van der Waals surface area contributed by atoms with E-state index in [1.165, 1.54) is 0 Å². The van der Waals surface area contributed by atoms with Gasteiger partial charge in [-0.3, -0.25) is 4.48 Å². The molecule has 0 bridgehead atoms. The zero-order chi connectivity index (χ0) is 31.6. The topological polar surface area (TPSA) is 92.1 Å². The van der Waals surface area contributed by atoms with Gasteiger partial charge in [0.05, 0.1) is 25.4 Å². The predicted octanol–water partition coefficient (Wildman–Crippen LogP) is 8.67. The maximum atomic E-state index is 13.5. The number of rotatable bonds is 23. The van der Waals surface area contributed by atoms with Crippen LogP contribution >= 0.6 is 0 Å². The van der Waals surface area contributed by atoms with E-state index in [0.29, 0.717) is 38.5 Å². The van der Waals surface area contributed by atoms with E-state index in [1.54, 1.807) is 0 Å². The normalized spacial score (nSPS) is 13.6. The largest absolute Gasteiger partial charge is 0.508 e. The number of hydrogen-bond acceptors (Lipinski definition) is 5. The van der Waals surface area contributed by atoms with E-state index < -0.39 is 46.1 Å². The average Bonchev–Trinajstić information content (AvgIpc) is 2.87. The lowest BCUT2D eigenvalue weighted by atomic mass is 10.1. The highest BCUT2D eigenvalue weighted by atomic mass is 32.2. The lowest BCUT2D eigenvalue weighted by Crippen LogP contribution is -2.59. The van der Waals surface area contributed by atoms with Gasteiger partial charge in [0, 0.05) is 0 Å². The molecule has 0 aromatic heterocycles. The van der Waals surface area contributed by atoms with Crippen LogP contribution in [0, 0.1) is 5.41 Å². The van der Waals surface area contributed by atoms with Crippen molar-refractivity contribution in [3.63, 3.8) is 0 Å². The van der Waals surface area contributed by atoms with Crippen LogP contribution in [0.1, 0.15) is 129 Å². The number of alkyl halides is 6. The van der Waals surface area contributed by atoms with Gasteiger partial charge in [0.15, 0.2) is 0 Å². The van der Waals surface area contributed by atoms with E-state index in [4.69, 9.17) is 5.41 Å². The number of amidine groups is 1. The number of nitrogens with one attached hydrogen (secondary N) is 1. The predicted molar refractivity (Wildman–Crippen MR) is 152 cm³/mol. The molecule has 0 heterocycles. The van der Waals surface area contributed by atoms with Crippen molar-refractivity contribution in [3.8, 4) is 0 Å². The highest BCUT2D eigenvalue weighted by molar-refractivity contribution is 8.06. The van der Waals surface area contributed by atoms with Crippen LogP contribution in [0.4, 0.5) is 26.3 Å². The second-order valence-electron chi connectivity index (χ2n) is 11.0. The van der Waals surface area contributed by atoms with Crippen LogP contribution in [0.25, 0.3) is 0 Å². The molecule has 0 unspecified atom stereocenters. The molecular formula is C27H51F6N2O4S2+. The fourth-order valence-corrected chi connectivity index (χ4v) is 6.74. The van der Waals surface area contributed by atoms with Gasteiger partial charge in [0.25, 0.3) is 0 Å². The molecular weight excluding hydrogens is 594 g/mol. The summed E-state index contributed by atoms with van der Waals surface area (Å²) < 4.78 is 125. The molecule has 0 saturated carbocycles. The van der Waals surface area contributed by atoms with E-state index >= 15 is 0 Å². The standard InChI is InChI=1S/C27H51F6N2O4S2/c1-3-5-7-9-13-17-21-35(22-18-14-10-8-6-4-2,25(34)41(38,39)27(31,32)33)23-19-15-11-12-16-20-24-40(36,37)26(28,29)30/h34H,3-24H2,1-2H3/q+1. The first-order chi connectivity index (χ1) is 19.0. The Labute approximate surface area is 243 Å². The van der Waals surface area contributed by atoms with Gasteiger partial charge in [-0.2, -0.15) is 26.3 Å². The Morgan fingerprint density at radius 2 is 0.854 bits per heavy atom. The van der Waals surface area contributed by atoms with Gasteiger partial charge in [0.1, 0.15) is 0 Å². The molecule has 246 valence electrons. The quantitative estimate of drug-likeness (QED) is 0.0396. The highest BCUT2D eigenvalue weighted by Gasteiger charge is 2.56. The Morgan fingerprint density at radius 3 is 1.17 bits per heavy atom. The van der Waals surface area contributed by atoms with Gasteiger partial charge in [0.2, 0.25) is 9.84 Å². The maximum absolute atomic E-state index is 13.5. The van der Waals surface area contributed by atoms with E-state index in [1.807, 2.05) is 0 Å². The molecule has 41 heavy (non-hydrogen) atoms. The van der Waals surface area contributed by atoms with Crippen LogP contribution < -0.4 is 0 Å². The van der Waals surface area contributed by atoms with Crippen LogP contribution in [-0.2, 0) is 19.7 Å². The van der Waals surface area contributed by atoms with Crippen molar-refractivity contribution >= 4 is 24.8 Å². The van der Waals surface area contributed by atoms with E-state index in [-0.39, 0.29) is 32.5 Å². The summed E-state index contributed by atoms with van der Waals surface area (Å²) in [7, 11) is -11.0. The third-order valence-electron chi connectivity index (χ3n) is 7.47. The second kappa shape index (κ2) is 19.4. The second-order valence-corrected chi connectivity index (χ2v) is 14.9. The van der Waals surface area contributed by atoms with E-state index in [0.717, 1.165) is 64.2 Å². The Kier molecular flexibility index (Phi) is 19.0. The molecule has 0 saturated heterocycles. The summed E-state index contributed by atoms with van der Waals surface area (Å²) in [6, 6.07) is 0. The monoisotopic (exact) mass is 645 g/mol. The van der Waals surface area contributed by atoms with Crippen LogP contribution in [0.3, 0.4) is 0 Å². The highest BCUT2D eigenvalue weighted by Crippen LogP contribution is 2.30. The lowest BCUT2D eigenvalue weighted by molar-refractivity contribution is -0.840. The molecule has 14 heteroatoms. The average molecular weight is 646 g/mol. The number of quaternary nitrogens is 1. The van der Waals surface area contributed by atoms with Crippen LogP contribution in [0.15, 0.2) is 0 Å². The summed E-state index contributed by atoms with van der Waals surface area (Å²) in [5.74, 6) is -0.987. The molecule has 0 amide bonds. The van der Waals surface area contributed by atoms with Crippen molar-refractivity contribution in [2.75, 3.05) is 25.4 Å². The molecule has 0 aliphatic carbocycles. The summed E-state index contributed by atoms with van der Waals surface area (Å²) in [6.45, 7) is 4.45. The number of unbranched alkanes of at least 4 members (excludes halogenated alkanes) is 15. The summed E-state index contributed by atoms with van der Waals surface area (Å²) in [4.78, 5) is 0. The van der Waals surface area contributed by atoms with Crippen molar-refractivity contribution in [3.05, 3.63) is 0 Å². The third kappa shape index (κ3) is 14.9. The van der Waals surface area contributed by atoms with Gasteiger partial charge in [-0.15, -0.1) is 0 Å². The van der Waals surface area contributed by atoms with Crippen molar-refractivity contribution in [1.29, 1.82) is 5.41 Å². The third-order valence-corrected chi connectivity index (χ3v) is 10.5. The molecule has 0 aromatic rings. The molecule has 0 radical (unpaired) electrons.